The third kappa shape index (κ3) is 4.48. The quantitative estimate of drug-likeness (QED) is 0.219. The van der Waals surface area contributed by atoms with E-state index in [2.05, 4.69) is 0 Å². The summed E-state index contributed by atoms with van der Waals surface area (Å²) < 4.78 is 10.1. The summed E-state index contributed by atoms with van der Waals surface area (Å²) in [6.45, 7) is 6.77. The SMILES string of the molecule is CCOC(=O)C(=C(C=O)C(C)=O)C(C)OCC. The van der Waals surface area contributed by atoms with Gasteiger partial charge in [-0.15, -0.1) is 0 Å². The van der Waals surface area contributed by atoms with Crippen LogP contribution in [-0.2, 0) is 23.9 Å². The van der Waals surface area contributed by atoms with Crippen LogP contribution < -0.4 is 0 Å². The first-order chi connectivity index (χ1) is 7.99. The molecule has 0 bridgehead atoms. The Kier molecular flexibility index (Phi) is 7.05. The van der Waals surface area contributed by atoms with Gasteiger partial charge in [0.15, 0.2) is 12.1 Å². The second-order valence-electron chi connectivity index (χ2n) is 3.32. The minimum atomic E-state index is -0.689. The number of aldehydes is 1. The van der Waals surface area contributed by atoms with Crippen LogP contribution in [0, 0.1) is 0 Å². The fourth-order valence-corrected chi connectivity index (χ4v) is 1.37. The molecule has 0 rings (SSSR count). The maximum absolute atomic E-state index is 11.7. The van der Waals surface area contributed by atoms with Crippen molar-refractivity contribution in [1.82, 2.24) is 0 Å². The van der Waals surface area contributed by atoms with Crippen molar-refractivity contribution in [3.8, 4) is 0 Å². The van der Waals surface area contributed by atoms with Gasteiger partial charge in [-0.05, 0) is 27.7 Å². The van der Waals surface area contributed by atoms with E-state index in [1.54, 1.807) is 20.8 Å². The van der Waals surface area contributed by atoms with E-state index in [-0.39, 0.29) is 17.8 Å². The summed E-state index contributed by atoms with van der Waals surface area (Å²) >= 11 is 0. The Morgan fingerprint density at radius 1 is 1.24 bits per heavy atom. The topological polar surface area (TPSA) is 69.7 Å². The molecule has 0 heterocycles. The lowest BCUT2D eigenvalue weighted by Crippen LogP contribution is -2.25. The first-order valence-corrected chi connectivity index (χ1v) is 5.48. The molecule has 0 radical (unpaired) electrons. The molecule has 0 fully saturated rings. The van der Waals surface area contributed by atoms with E-state index in [4.69, 9.17) is 9.47 Å². The predicted octanol–water partition coefficient (Wildman–Crippen LogP) is 1.06. The molecule has 0 aromatic heterocycles. The lowest BCUT2D eigenvalue weighted by atomic mass is 10.0. The summed E-state index contributed by atoms with van der Waals surface area (Å²) in [5.74, 6) is -1.17. The molecule has 0 aliphatic carbocycles. The zero-order valence-electron chi connectivity index (χ0n) is 10.6. The zero-order valence-corrected chi connectivity index (χ0v) is 10.6. The lowest BCUT2D eigenvalue weighted by Gasteiger charge is -2.16. The number of carbonyl (C=O) groups excluding carboxylic acids is 3. The van der Waals surface area contributed by atoms with Crippen molar-refractivity contribution in [2.24, 2.45) is 0 Å². The van der Waals surface area contributed by atoms with Gasteiger partial charge >= 0.3 is 5.97 Å². The van der Waals surface area contributed by atoms with Crippen molar-refractivity contribution in [2.75, 3.05) is 13.2 Å². The van der Waals surface area contributed by atoms with Gasteiger partial charge in [0.1, 0.15) is 0 Å². The molecule has 0 saturated heterocycles. The van der Waals surface area contributed by atoms with Gasteiger partial charge in [0.05, 0.1) is 23.9 Å². The number of ether oxygens (including phenoxy) is 2. The van der Waals surface area contributed by atoms with Crippen molar-refractivity contribution in [1.29, 1.82) is 0 Å². The Bertz CT molecular complexity index is 330. The minimum Gasteiger partial charge on any atom is -0.463 e. The van der Waals surface area contributed by atoms with Crippen LogP contribution in [0.3, 0.4) is 0 Å². The standard InChI is InChI=1S/C12H18O5/c1-5-16-9(4)11(12(15)17-6-2)10(7-13)8(3)14/h7,9H,5-6H2,1-4H3. The maximum atomic E-state index is 11.7. The van der Waals surface area contributed by atoms with Gasteiger partial charge in [0, 0.05) is 6.61 Å². The molecule has 1 atom stereocenters. The van der Waals surface area contributed by atoms with Crippen molar-refractivity contribution in [2.45, 2.75) is 33.8 Å². The van der Waals surface area contributed by atoms with Crippen LogP contribution >= 0.6 is 0 Å². The number of ketones is 1. The number of esters is 1. The summed E-state index contributed by atoms with van der Waals surface area (Å²) in [5.41, 5.74) is -0.208. The first kappa shape index (κ1) is 15.5. The van der Waals surface area contributed by atoms with E-state index in [9.17, 15) is 14.4 Å². The van der Waals surface area contributed by atoms with Crippen molar-refractivity contribution < 1.29 is 23.9 Å². The smallest absolute Gasteiger partial charge is 0.337 e. The lowest BCUT2D eigenvalue weighted by molar-refractivity contribution is -0.140. The molecule has 0 aliphatic rings. The number of allylic oxidation sites excluding steroid dienone is 1. The molecule has 5 heteroatoms. The number of rotatable bonds is 7. The molecule has 0 aromatic rings. The molecule has 96 valence electrons. The van der Waals surface area contributed by atoms with E-state index in [0.29, 0.717) is 12.9 Å². The molecule has 0 saturated carbocycles. The van der Waals surface area contributed by atoms with Crippen LogP contribution in [0.4, 0.5) is 0 Å². The molecule has 0 N–H and O–H groups in total. The van der Waals surface area contributed by atoms with Gasteiger partial charge in [-0.1, -0.05) is 0 Å². The zero-order chi connectivity index (χ0) is 13.4. The summed E-state index contributed by atoms with van der Waals surface area (Å²) in [6.07, 6.45) is -0.285. The monoisotopic (exact) mass is 242 g/mol. The van der Waals surface area contributed by atoms with Gasteiger partial charge in [0.2, 0.25) is 0 Å². The van der Waals surface area contributed by atoms with Crippen LogP contribution in [-0.4, -0.2) is 37.4 Å². The molecule has 0 spiro atoms. The van der Waals surface area contributed by atoms with E-state index in [1.165, 1.54) is 6.92 Å². The largest absolute Gasteiger partial charge is 0.463 e. The van der Waals surface area contributed by atoms with Crippen molar-refractivity contribution >= 4 is 18.0 Å². The summed E-state index contributed by atoms with van der Waals surface area (Å²) in [5, 5.41) is 0. The minimum absolute atomic E-state index is 0.0174. The first-order valence-electron chi connectivity index (χ1n) is 5.48. The molecular formula is C12H18O5. The molecular weight excluding hydrogens is 224 g/mol. The van der Waals surface area contributed by atoms with Gasteiger partial charge in [-0.2, -0.15) is 0 Å². The Balaban J connectivity index is 5.42. The number of carbonyl (C=O) groups is 3. The second kappa shape index (κ2) is 7.73. The Morgan fingerprint density at radius 2 is 1.82 bits per heavy atom. The average molecular weight is 242 g/mol. The molecule has 1 unspecified atom stereocenters. The van der Waals surface area contributed by atoms with Crippen LogP contribution in [0.15, 0.2) is 11.1 Å². The number of hydrogen-bond donors (Lipinski definition) is 0. The van der Waals surface area contributed by atoms with Gasteiger partial charge < -0.3 is 9.47 Å². The highest BCUT2D eigenvalue weighted by Gasteiger charge is 2.25. The molecule has 17 heavy (non-hydrogen) atoms. The summed E-state index contributed by atoms with van der Waals surface area (Å²) in [4.78, 5) is 33.8. The maximum Gasteiger partial charge on any atom is 0.337 e. The van der Waals surface area contributed by atoms with E-state index in [0.717, 1.165) is 0 Å². The Morgan fingerprint density at radius 3 is 2.18 bits per heavy atom. The predicted molar refractivity (Wildman–Crippen MR) is 61.5 cm³/mol. The van der Waals surface area contributed by atoms with E-state index in [1.807, 2.05) is 0 Å². The number of hydrogen-bond acceptors (Lipinski definition) is 5. The molecule has 5 nitrogen and oxygen atoms in total. The van der Waals surface area contributed by atoms with Gasteiger partial charge in [-0.3, -0.25) is 9.59 Å². The second-order valence-corrected chi connectivity index (χ2v) is 3.32. The molecule has 0 amide bonds. The van der Waals surface area contributed by atoms with Crippen LogP contribution in [0.5, 0.6) is 0 Å². The van der Waals surface area contributed by atoms with E-state index >= 15 is 0 Å². The van der Waals surface area contributed by atoms with Crippen molar-refractivity contribution in [3.05, 3.63) is 11.1 Å². The third-order valence-electron chi connectivity index (χ3n) is 2.11. The summed E-state index contributed by atoms with van der Waals surface area (Å²) in [7, 11) is 0. The Hall–Kier alpha value is -1.49. The van der Waals surface area contributed by atoms with Crippen molar-refractivity contribution in [3.63, 3.8) is 0 Å². The normalized spacial score (nSPS) is 13.6. The fraction of sp³-hybridized carbons (Fsp3) is 0.583. The third-order valence-corrected chi connectivity index (χ3v) is 2.11. The molecule has 0 aromatic carbocycles. The summed E-state index contributed by atoms with van der Waals surface area (Å²) in [6, 6.07) is 0. The Labute approximate surface area is 101 Å². The van der Waals surface area contributed by atoms with Crippen LogP contribution in [0.1, 0.15) is 27.7 Å². The van der Waals surface area contributed by atoms with Gasteiger partial charge in [-0.25, -0.2) is 4.79 Å². The highest BCUT2D eigenvalue weighted by Crippen LogP contribution is 2.14. The highest BCUT2D eigenvalue weighted by atomic mass is 16.5. The fourth-order valence-electron chi connectivity index (χ4n) is 1.37. The van der Waals surface area contributed by atoms with Gasteiger partial charge in [0.25, 0.3) is 0 Å². The van der Waals surface area contributed by atoms with Crippen LogP contribution in [0.2, 0.25) is 0 Å². The molecule has 0 aliphatic heterocycles. The number of Topliss-reactive ketones (excluding diaryl/α,β-unsaturated/α-hetero) is 1. The van der Waals surface area contributed by atoms with E-state index < -0.39 is 17.9 Å². The van der Waals surface area contributed by atoms with Crippen LogP contribution in [0.25, 0.3) is 0 Å². The average Bonchev–Trinajstić information content (AvgIpc) is 2.25. The highest BCUT2D eigenvalue weighted by molar-refractivity contribution is 6.16.